The predicted octanol–water partition coefficient (Wildman–Crippen LogP) is 5.56. The van der Waals surface area contributed by atoms with Crippen LogP contribution in [0, 0.1) is 5.82 Å². The molecule has 5 rings (SSSR count). The maximum absolute atomic E-state index is 13.9. The Balaban J connectivity index is 1.62. The summed E-state index contributed by atoms with van der Waals surface area (Å²) in [6, 6.07) is 10.9. The van der Waals surface area contributed by atoms with Crippen LogP contribution in [0.15, 0.2) is 47.1 Å². The fourth-order valence-corrected chi connectivity index (χ4v) is 4.86. The quantitative estimate of drug-likeness (QED) is 0.548. The van der Waals surface area contributed by atoms with Crippen LogP contribution in [0.5, 0.6) is 0 Å². The second-order valence-corrected chi connectivity index (χ2v) is 8.32. The van der Waals surface area contributed by atoms with Crippen molar-refractivity contribution in [2.24, 2.45) is 0 Å². The van der Waals surface area contributed by atoms with Gasteiger partial charge in [-0.15, -0.1) is 0 Å². The van der Waals surface area contributed by atoms with Gasteiger partial charge in [-0.25, -0.2) is 4.39 Å². The number of aromatic nitrogens is 1. The van der Waals surface area contributed by atoms with Gasteiger partial charge >= 0.3 is 0 Å². The molecule has 1 saturated carbocycles. The number of rotatable bonds is 1. The highest BCUT2D eigenvalue weighted by molar-refractivity contribution is 9.10. The zero-order valence-electron chi connectivity index (χ0n) is 13.5. The standard InChI is InChI=1S/C20H13BrClFN2O/c21-14-5-13-16(6-15(14)23)24-9-17-18(13)20(19(26)25-17)7-11(8-20)10-2-1-3-12(22)4-10/h1-6,9,11H,7-8H2,(H,25,26). The van der Waals surface area contributed by atoms with Crippen molar-refractivity contribution >= 4 is 50.0 Å². The van der Waals surface area contributed by atoms with E-state index in [0.717, 1.165) is 22.2 Å². The number of anilines is 1. The average molecular weight is 432 g/mol. The number of carbonyl (C=O) groups excluding carboxylic acids is 1. The van der Waals surface area contributed by atoms with Crippen LogP contribution in [0.25, 0.3) is 10.9 Å². The molecule has 1 aromatic heterocycles. The molecule has 1 fully saturated rings. The monoisotopic (exact) mass is 430 g/mol. The molecule has 2 heterocycles. The van der Waals surface area contributed by atoms with Crippen molar-refractivity contribution in [3.05, 3.63) is 69.0 Å². The summed E-state index contributed by atoms with van der Waals surface area (Å²) in [5, 5.41) is 4.48. The molecule has 1 aliphatic carbocycles. The van der Waals surface area contributed by atoms with Crippen molar-refractivity contribution in [3.63, 3.8) is 0 Å². The molecule has 2 aliphatic rings. The second-order valence-electron chi connectivity index (χ2n) is 7.03. The molecule has 1 N–H and O–H groups in total. The van der Waals surface area contributed by atoms with Gasteiger partial charge < -0.3 is 5.32 Å². The molecule has 3 nitrogen and oxygen atoms in total. The van der Waals surface area contributed by atoms with E-state index in [4.69, 9.17) is 11.6 Å². The Kier molecular flexibility index (Phi) is 3.43. The molecule has 1 aliphatic heterocycles. The molecule has 0 bridgehead atoms. The number of nitrogens with zero attached hydrogens (tertiary/aromatic N) is 1. The van der Waals surface area contributed by atoms with Crippen LogP contribution in [0.1, 0.15) is 29.9 Å². The lowest BCUT2D eigenvalue weighted by atomic mass is 9.57. The van der Waals surface area contributed by atoms with Gasteiger partial charge in [-0.3, -0.25) is 9.78 Å². The van der Waals surface area contributed by atoms with Gasteiger partial charge in [0.25, 0.3) is 0 Å². The summed E-state index contributed by atoms with van der Waals surface area (Å²) in [6.45, 7) is 0. The minimum absolute atomic E-state index is 0.000487. The van der Waals surface area contributed by atoms with Gasteiger partial charge in [-0.05, 0) is 58.5 Å². The van der Waals surface area contributed by atoms with Crippen LogP contribution in [0.2, 0.25) is 5.02 Å². The lowest BCUT2D eigenvalue weighted by Crippen LogP contribution is -2.45. The van der Waals surface area contributed by atoms with Crippen LogP contribution in [0.4, 0.5) is 10.1 Å². The molecule has 0 unspecified atom stereocenters. The van der Waals surface area contributed by atoms with Gasteiger partial charge in [0.1, 0.15) is 5.82 Å². The highest BCUT2D eigenvalue weighted by atomic mass is 79.9. The van der Waals surface area contributed by atoms with E-state index in [-0.39, 0.29) is 17.6 Å². The van der Waals surface area contributed by atoms with Crippen molar-refractivity contribution in [1.29, 1.82) is 0 Å². The highest BCUT2D eigenvalue weighted by Crippen LogP contribution is 2.59. The minimum Gasteiger partial charge on any atom is -0.324 e. The molecular formula is C20H13BrClFN2O. The Morgan fingerprint density at radius 3 is 2.85 bits per heavy atom. The number of carbonyl (C=O) groups is 1. The zero-order valence-corrected chi connectivity index (χ0v) is 15.9. The first kappa shape index (κ1) is 16.2. The summed E-state index contributed by atoms with van der Waals surface area (Å²) in [6.07, 6.45) is 3.05. The zero-order chi connectivity index (χ0) is 18.1. The summed E-state index contributed by atoms with van der Waals surface area (Å²) in [4.78, 5) is 17.1. The fraction of sp³-hybridized carbons (Fsp3) is 0.200. The van der Waals surface area contributed by atoms with Crippen molar-refractivity contribution in [3.8, 4) is 0 Å². The van der Waals surface area contributed by atoms with Crippen LogP contribution in [0.3, 0.4) is 0 Å². The van der Waals surface area contributed by atoms with Crippen molar-refractivity contribution in [1.82, 2.24) is 4.98 Å². The molecule has 1 spiro atoms. The Morgan fingerprint density at radius 1 is 1.27 bits per heavy atom. The molecule has 3 aromatic rings. The van der Waals surface area contributed by atoms with Gasteiger partial charge in [0.2, 0.25) is 5.91 Å². The molecule has 6 heteroatoms. The third kappa shape index (κ3) is 2.17. The van der Waals surface area contributed by atoms with Gasteiger partial charge in [-0.1, -0.05) is 23.7 Å². The average Bonchev–Trinajstić information content (AvgIpc) is 2.87. The fourth-order valence-electron chi connectivity index (χ4n) is 4.32. The van der Waals surface area contributed by atoms with Gasteiger partial charge in [-0.2, -0.15) is 0 Å². The lowest BCUT2D eigenvalue weighted by molar-refractivity contribution is -0.124. The summed E-state index contributed by atoms with van der Waals surface area (Å²) in [5.41, 5.74) is 2.79. The van der Waals surface area contributed by atoms with Crippen molar-refractivity contribution in [2.75, 3.05) is 5.32 Å². The number of halogens is 3. The van der Waals surface area contributed by atoms with Gasteiger partial charge in [0.05, 0.1) is 27.3 Å². The third-order valence-electron chi connectivity index (χ3n) is 5.58. The Morgan fingerprint density at radius 2 is 2.08 bits per heavy atom. The number of amides is 1. The summed E-state index contributed by atoms with van der Waals surface area (Å²) in [7, 11) is 0. The number of nitrogens with one attached hydrogen (secondary N) is 1. The second kappa shape index (κ2) is 5.51. The molecule has 0 saturated heterocycles. The maximum Gasteiger partial charge on any atom is 0.235 e. The molecular weight excluding hydrogens is 419 g/mol. The SMILES string of the molecule is O=C1Nc2cnc3cc(F)c(Br)cc3c2C12CC(c1cccc(Cl)c1)C2. The predicted molar refractivity (Wildman–Crippen MR) is 103 cm³/mol. The molecule has 1 amide bonds. The van der Waals surface area contributed by atoms with E-state index in [0.29, 0.717) is 27.9 Å². The van der Waals surface area contributed by atoms with E-state index in [1.54, 1.807) is 12.3 Å². The Bertz CT molecular complexity index is 1090. The van der Waals surface area contributed by atoms with E-state index in [1.807, 2.05) is 24.3 Å². The van der Waals surface area contributed by atoms with E-state index in [9.17, 15) is 9.18 Å². The first-order chi connectivity index (χ1) is 12.5. The largest absolute Gasteiger partial charge is 0.324 e. The Hall–Kier alpha value is -1.98. The first-order valence-corrected chi connectivity index (χ1v) is 9.50. The van der Waals surface area contributed by atoms with E-state index in [2.05, 4.69) is 26.2 Å². The number of hydrogen-bond donors (Lipinski definition) is 1. The number of pyridine rings is 1. The van der Waals surface area contributed by atoms with E-state index >= 15 is 0 Å². The summed E-state index contributed by atoms with van der Waals surface area (Å²) >= 11 is 9.36. The minimum atomic E-state index is -0.583. The van der Waals surface area contributed by atoms with Gasteiger partial charge in [0, 0.05) is 22.0 Å². The summed E-state index contributed by atoms with van der Waals surface area (Å²) in [5.74, 6) is -0.0836. The third-order valence-corrected chi connectivity index (χ3v) is 6.42. The normalized spacial score (nSPS) is 23.8. The van der Waals surface area contributed by atoms with Crippen LogP contribution in [-0.2, 0) is 10.2 Å². The van der Waals surface area contributed by atoms with Crippen LogP contribution < -0.4 is 5.32 Å². The number of hydrogen-bond acceptors (Lipinski definition) is 2. The Labute approximate surface area is 162 Å². The lowest BCUT2D eigenvalue weighted by Gasteiger charge is -2.44. The smallest absolute Gasteiger partial charge is 0.235 e. The highest BCUT2D eigenvalue weighted by Gasteiger charge is 2.56. The first-order valence-electron chi connectivity index (χ1n) is 8.33. The molecule has 0 radical (unpaired) electrons. The maximum atomic E-state index is 13.9. The number of fused-ring (bicyclic) bond motifs is 4. The molecule has 2 aromatic carbocycles. The molecule has 26 heavy (non-hydrogen) atoms. The van der Waals surface area contributed by atoms with Crippen molar-refractivity contribution in [2.45, 2.75) is 24.2 Å². The number of benzene rings is 2. The van der Waals surface area contributed by atoms with Crippen LogP contribution >= 0.6 is 27.5 Å². The summed E-state index contributed by atoms with van der Waals surface area (Å²) < 4.78 is 14.3. The molecule has 0 atom stereocenters. The van der Waals surface area contributed by atoms with E-state index < -0.39 is 5.41 Å². The van der Waals surface area contributed by atoms with Gasteiger partial charge in [0.15, 0.2) is 0 Å². The van der Waals surface area contributed by atoms with Crippen molar-refractivity contribution < 1.29 is 9.18 Å². The van der Waals surface area contributed by atoms with Crippen LogP contribution in [-0.4, -0.2) is 10.9 Å². The topological polar surface area (TPSA) is 42.0 Å². The van der Waals surface area contributed by atoms with E-state index in [1.165, 1.54) is 6.07 Å². The molecule has 130 valence electrons.